The molecule has 2 fully saturated rings. The Kier molecular flexibility index (Phi) is 4.91. The number of hydrogen-bond donors (Lipinski definition) is 1. The standard InChI is InChI=1S/C22H24N2O4/c1-28-13-19(26)24-18(12-25)20(16-8-4-2-5-9-16)22(24)14-23(15-22)21(27)17-10-6-3-7-11-17/h2-11,18,20,25H,12-15H2,1H3/t18-,20+/m1/s1. The van der Waals surface area contributed by atoms with Crippen LogP contribution >= 0.6 is 0 Å². The lowest BCUT2D eigenvalue weighted by Crippen LogP contribution is -2.86. The number of rotatable bonds is 5. The summed E-state index contributed by atoms with van der Waals surface area (Å²) < 4.78 is 5.05. The molecule has 0 saturated carbocycles. The van der Waals surface area contributed by atoms with E-state index in [0.717, 1.165) is 5.56 Å². The number of carbonyl (C=O) groups is 2. The molecule has 0 bridgehead atoms. The van der Waals surface area contributed by atoms with Gasteiger partial charge in [0.2, 0.25) is 5.91 Å². The first-order chi connectivity index (χ1) is 13.6. The molecule has 2 aliphatic heterocycles. The second-order valence-corrected chi connectivity index (χ2v) is 7.47. The van der Waals surface area contributed by atoms with Crippen molar-refractivity contribution in [1.82, 2.24) is 9.80 Å². The molecule has 0 unspecified atom stereocenters. The highest BCUT2D eigenvalue weighted by atomic mass is 16.5. The molecule has 0 radical (unpaired) electrons. The van der Waals surface area contributed by atoms with E-state index in [1.165, 1.54) is 7.11 Å². The van der Waals surface area contributed by atoms with Crippen LogP contribution in [0.1, 0.15) is 21.8 Å². The fourth-order valence-corrected chi connectivity index (χ4v) is 4.78. The number of likely N-dealkylation sites (tertiary alicyclic amines) is 2. The van der Waals surface area contributed by atoms with Gasteiger partial charge in [0.05, 0.1) is 18.2 Å². The van der Waals surface area contributed by atoms with E-state index < -0.39 is 5.54 Å². The van der Waals surface area contributed by atoms with E-state index in [0.29, 0.717) is 18.7 Å². The predicted octanol–water partition coefficient (Wildman–Crippen LogP) is 1.51. The lowest BCUT2D eigenvalue weighted by molar-refractivity contribution is -0.196. The number of hydrogen-bond acceptors (Lipinski definition) is 4. The van der Waals surface area contributed by atoms with Crippen LogP contribution in [0, 0.1) is 0 Å². The molecular formula is C22H24N2O4. The Bertz CT molecular complexity index is 849. The van der Waals surface area contributed by atoms with E-state index in [-0.39, 0.29) is 37.0 Å². The number of benzene rings is 2. The molecule has 2 atom stereocenters. The van der Waals surface area contributed by atoms with E-state index in [1.54, 1.807) is 21.9 Å². The molecule has 6 heteroatoms. The van der Waals surface area contributed by atoms with Gasteiger partial charge < -0.3 is 19.6 Å². The quantitative estimate of drug-likeness (QED) is 0.854. The Morgan fingerprint density at radius 3 is 2.25 bits per heavy atom. The number of amides is 2. The van der Waals surface area contributed by atoms with Crippen molar-refractivity contribution in [3.8, 4) is 0 Å². The van der Waals surface area contributed by atoms with Crippen molar-refractivity contribution in [3.63, 3.8) is 0 Å². The monoisotopic (exact) mass is 380 g/mol. The molecule has 0 aliphatic carbocycles. The summed E-state index contributed by atoms with van der Waals surface area (Å²) in [7, 11) is 1.49. The highest BCUT2D eigenvalue weighted by molar-refractivity contribution is 5.95. The first kappa shape index (κ1) is 18.7. The molecule has 28 heavy (non-hydrogen) atoms. The number of ether oxygens (including phenoxy) is 1. The molecule has 6 nitrogen and oxygen atoms in total. The van der Waals surface area contributed by atoms with Crippen LogP contribution in [0.15, 0.2) is 60.7 Å². The van der Waals surface area contributed by atoms with Gasteiger partial charge in [0.15, 0.2) is 0 Å². The highest BCUT2D eigenvalue weighted by Crippen LogP contribution is 2.54. The summed E-state index contributed by atoms with van der Waals surface area (Å²) in [6.07, 6.45) is 0. The van der Waals surface area contributed by atoms with Crippen molar-refractivity contribution in [1.29, 1.82) is 0 Å². The van der Waals surface area contributed by atoms with Crippen LogP contribution in [0.2, 0.25) is 0 Å². The molecular weight excluding hydrogens is 356 g/mol. The molecule has 146 valence electrons. The van der Waals surface area contributed by atoms with Gasteiger partial charge in [-0.05, 0) is 17.7 Å². The lowest BCUT2D eigenvalue weighted by Gasteiger charge is -2.70. The van der Waals surface area contributed by atoms with Crippen molar-refractivity contribution >= 4 is 11.8 Å². The zero-order chi connectivity index (χ0) is 19.7. The van der Waals surface area contributed by atoms with Crippen molar-refractivity contribution in [2.24, 2.45) is 0 Å². The molecule has 2 aromatic rings. The molecule has 1 N–H and O–H groups in total. The fraction of sp³-hybridized carbons (Fsp3) is 0.364. The molecule has 2 saturated heterocycles. The fourth-order valence-electron chi connectivity index (χ4n) is 4.78. The topological polar surface area (TPSA) is 70.1 Å². The third kappa shape index (κ3) is 2.80. The molecule has 1 spiro atoms. The Morgan fingerprint density at radius 2 is 1.68 bits per heavy atom. The van der Waals surface area contributed by atoms with E-state index >= 15 is 0 Å². The number of aliphatic hydroxyl groups is 1. The Labute approximate surface area is 164 Å². The van der Waals surface area contributed by atoms with Gasteiger partial charge in [-0.15, -0.1) is 0 Å². The Balaban J connectivity index is 1.62. The van der Waals surface area contributed by atoms with Gasteiger partial charge in [0.1, 0.15) is 6.61 Å². The van der Waals surface area contributed by atoms with Crippen molar-refractivity contribution < 1.29 is 19.4 Å². The maximum Gasteiger partial charge on any atom is 0.254 e. The first-order valence-corrected chi connectivity index (χ1v) is 9.43. The van der Waals surface area contributed by atoms with Crippen LogP contribution in [0.25, 0.3) is 0 Å². The van der Waals surface area contributed by atoms with Gasteiger partial charge >= 0.3 is 0 Å². The van der Waals surface area contributed by atoms with Gasteiger partial charge in [0, 0.05) is 31.7 Å². The average molecular weight is 380 g/mol. The van der Waals surface area contributed by atoms with Crippen molar-refractivity contribution in [3.05, 3.63) is 71.8 Å². The van der Waals surface area contributed by atoms with Crippen molar-refractivity contribution in [2.75, 3.05) is 33.4 Å². The Hall–Kier alpha value is -2.70. The summed E-state index contributed by atoms with van der Waals surface area (Å²) in [4.78, 5) is 29.0. The molecule has 2 aromatic carbocycles. The summed E-state index contributed by atoms with van der Waals surface area (Å²) in [5.74, 6) is -0.204. The van der Waals surface area contributed by atoms with Gasteiger partial charge in [-0.2, -0.15) is 0 Å². The minimum absolute atomic E-state index is 0.0145. The van der Waals surface area contributed by atoms with Gasteiger partial charge in [-0.1, -0.05) is 48.5 Å². The third-order valence-electron chi connectivity index (χ3n) is 5.89. The zero-order valence-electron chi connectivity index (χ0n) is 15.8. The normalized spacial score (nSPS) is 22.5. The van der Waals surface area contributed by atoms with Crippen LogP contribution in [0.4, 0.5) is 0 Å². The van der Waals surface area contributed by atoms with Crippen LogP contribution in [0.3, 0.4) is 0 Å². The average Bonchev–Trinajstić information content (AvgIpc) is 2.68. The highest BCUT2D eigenvalue weighted by Gasteiger charge is 2.67. The second-order valence-electron chi connectivity index (χ2n) is 7.47. The molecule has 2 heterocycles. The van der Waals surface area contributed by atoms with E-state index in [9.17, 15) is 14.7 Å². The maximum atomic E-state index is 12.8. The molecule has 2 amide bonds. The summed E-state index contributed by atoms with van der Waals surface area (Å²) in [5.41, 5.74) is 1.23. The van der Waals surface area contributed by atoms with Crippen molar-refractivity contribution in [2.45, 2.75) is 17.5 Å². The number of nitrogens with zero attached hydrogens (tertiary/aromatic N) is 2. The SMILES string of the molecule is COCC(=O)N1[C@H](CO)[C@H](c2ccccc2)C12CN(C(=O)c1ccccc1)C2. The molecule has 2 aliphatic rings. The van der Waals surface area contributed by atoms with Gasteiger partial charge in [-0.25, -0.2) is 0 Å². The largest absolute Gasteiger partial charge is 0.394 e. The Morgan fingerprint density at radius 1 is 1.07 bits per heavy atom. The van der Waals surface area contributed by atoms with E-state index in [1.807, 2.05) is 48.5 Å². The number of methoxy groups -OCH3 is 1. The second kappa shape index (κ2) is 7.37. The minimum Gasteiger partial charge on any atom is -0.394 e. The smallest absolute Gasteiger partial charge is 0.254 e. The zero-order valence-corrected chi connectivity index (χ0v) is 15.8. The van der Waals surface area contributed by atoms with Crippen LogP contribution in [0.5, 0.6) is 0 Å². The first-order valence-electron chi connectivity index (χ1n) is 9.43. The summed E-state index contributed by atoms with van der Waals surface area (Å²) in [6.45, 7) is 0.744. The summed E-state index contributed by atoms with van der Waals surface area (Å²) >= 11 is 0. The third-order valence-corrected chi connectivity index (χ3v) is 5.89. The minimum atomic E-state index is -0.491. The summed E-state index contributed by atoms with van der Waals surface area (Å²) in [5, 5.41) is 9.99. The molecule has 0 aromatic heterocycles. The van der Waals surface area contributed by atoms with Gasteiger partial charge in [-0.3, -0.25) is 9.59 Å². The predicted molar refractivity (Wildman–Crippen MR) is 104 cm³/mol. The van der Waals surface area contributed by atoms with E-state index in [2.05, 4.69) is 0 Å². The number of carbonyl (C=O) groups excluding carboxylic acids is 2. The van der Waals surface area contributed by atoms with Gasteiger partial charge in [0.25, 0.3) is 5.91 Å². The lowest BCUT2D eigenvalue weighted by atomic mass is 9.60. The maximum absolute atomic E-state index is 12.8. The van der Waals surface area contributed by atoms with Crippen LogP contribution in [-0.2, 0) is 9.53 Å². The number of aliphatic hydroxyl groups excluding tert-OH is 1. The summed E-state index contributed by atoms with van der Waals surface area (Å²) in [6, 6.07) is 18.8. The van der Waals surface area contributed by atoms with E-state index in [4.69, 9.17) is 4.74 Å². The van der Waals surface area contributed by atoms with Crippen LogP contribution < -0.4 is 0 Å². The van der Waals surface area contributed by atoms with Crippen LogP contribution in [-0.4, -0.2) is 71.7 Å². The molecule has 4 rings (SSSR count).